The summed E-state index contributed by atoms with van der Waals surface area (Å²) in [7, 11) is 1.62. The van der Waals surface area contributed by atoms with Crippen LogP contribution in [-0.2, 0) is 20.9 Å². The van der Waals surface area contributed by atoms with E-state index in [9.17, 15) is 4.79 Å². The predicted molar refractivity (Wildman–Crippen MR) is 81.6 cm³/mol. The Bertz CT molecular complexity index is 400. The first kappa shape index (κ1) is 17.7. The van der Waals surface area contributed by atoms with E-state index < -0.39 is 5.97 Å². The minimum Gasteiger partial charge on any atom is -0.382 e. The molecule has 4 heteroatoms. The van der Waals surface area contributed by atoms with Gasteiger partial charge in [0.2, 0.25) is 0 Å². The summed E-state index contributed by atoms with van der Waals surface area (Å²) in [6.45, 7) is 5.51. The van der Waals surface area contributed by atoms with Crippen molar-refractivity contribution in [1.29, 1.82) is 0 Å². The van der Waals surface area contributed by atoms with Crippen LogP contribution in [0.4, 0.5) is 0 Å². The summed E-state index contributed by atoms with van der Waals surface area (Å²) < 4.78 is 5.04. The molecule has 0 bridgehead atoms. The Kier molecular flexibility index (Phi) is 8.71. The van der Waals surface area contributed by atoms with E-state index in [1.165, 1.54) is 31.4 Å². The normalized spacial score (nSPS) is 12.1. The molecule has 1 atom stereocenters. The first-order valence-corrected chi connectivity index (χ1v) is 7.48. The molecule has 0 fully saturated rings. The number of rotatable bonds is 10. The van der Waals surface area contributed by atoms with Crippen molar-refractivity contribution < 1.29 is 19.3 Å². The Labute approximate surface area is 127 Å². The standard InChI is InChI=1S/C17H25O4/c1-4-5-6-7-15-8-10-16(11-9-15)17(18)21-20-13-12-14(2)19-3/h8-11,13-14H,4-7,12H2,1-3H3. The number of carbonyl (C=O) groups excluding carboxylic acids is 1. The molecular weight excluding hydrogens is 268 g/mol. The lowest BCUT2D eigenvalue weighted by molar-refractivity contribution is -0.215. The third-order valence-corrected chi connectivity index (χ3v) is 3.28. The molecule has 117 valence electrons. The zero-order chi connectivity index (χ0) is 15.5. The second-order valence-electron chi connectivity index (χ2n) is 5.07. The third-order valence-electron chi connectivity index (χ3n) is 3.28. The maximum Gasteiger partial charge on any atom is 0.373 e. The lowest BCUT2D eigenvalue weighted by Gasteiger charge is -2.08. The number of unbranched alkanes of at least 4 members (excludes halogenated alkanes) is 2. The van der Waals surface area contributed by atoms with E-state index >= 15 is 0 Å². The summed E-state index contributed by atoms with van der Waals surface area (Å²) in [5.74, 6) is -0.489. The van der Waals surface area contributed by atoms with Crippen LogP contribution in [0.15, 0.2) is 24.3 Å². The van der Waals surface area contributed by atoms with Gasteiger partial charge >= 0.3 is 5.97 Å². The molecule has 0 aliphatic carbocycles. The average molecular weight is 293 g/mol. The van der Waals surface area contributed by atoms with Gasteiger partial charge in [-0.1, -0.05) is 31.9 Å². The van der Waals surface area contributed by atoms with Crippen molar-refractivity contribution >= 4 is 5.97 Å². The summed E-state index contributed by atoms with van der Waals surface area (Å²) in [4.78, 5) is 21.2. The zero-order valence-corrected chi connectivity index (χ0v) is 13.1. The molecule has 4 nitrogen and oxygen atoms in total. The van der Waals surface area contributed by atoms with Crippen molar-refractivity contribution in [3.05, 3.63) is 42.0 Å². The predicted octanol–water partition coefficient (Wildman–Crippen LogP) is 4.09. The van der Waals surface area contributed by atoms with Gasteiger partial charge in [-0.15, -0.1) is 0 Å². The van der Waals surface area contributed by atoms with Crippen molar-refractivity contribution in [3.8, 4) is 0 Å². The fourth-order valence-electron chi connectivity index (χ4n) is 1.78. The van der Waals surface area contributed by atoms with Gasteiger partial charge < -0.3 is 4.74 Å². The highest BCUT2D eigenvalue weighted by molar-refractivity contribution is 5.88. The quantitative estimate of drug-likeness (QED) is 0.370. The first-order chi connectivity index (χ1) is 10.2. The average Bonchev–Trinajstić information content (AvgIpc) is 2.52. The molecule has 0 saturated carbocycles. The topological polar surface area (TPSA) is 44.8 Å². The molecule has 21 heavy (non-hydrogen) atoms. The van der Waals surface area contributed by atoms with Gasteiger partial charge in [0, 0.05) is 13.5 Å². The van der Waals surface area contributed by atoms with E-state index in [0.29, 0.717) is 12.0 Å². The molecule has 1 aromatic carbocycles. The molecule has 0 aromatic heterocycles. The fraction of sp³-hybridized carbons (Fsp3) is 0.529. The van der Waals surface area contributed by atoms with Crippen LogP contribution in [-0.4, -0.2) is 19.2 Å². The number of hydrogen-bond acceptors (Lipinski definition) is 4. The van der Waals surface area contributed by atoms with Gasteiger partial charge in [-0.3, -0.25) is 4.89 Å². The van der Waals surface area contributed by atoms with Crippen LogP contribution in [0.5, 0.6) is 0 Å². The van der Waals surface area contributed by atoms with Crippen molar-refractivity contribution in [2.45, 2.75) is 52.1 Å². The Morgan fingerprint density at radius 2 is 1.95 bits per heavy atom. The Morgan fingerprint density at radius 1 is 1.24 bits per heavy atom. The van der Waals surface area contributed by atoms with Gasteiger partial charge in [0.15, 0.2) is 0 Å². The maximum atomic E-state index is 11.7. The number of carbonyl (C=O) groups is 1. The van der Waals surface area contributed by atoms with Crippen molar-refractivity contribution in [2.75, 3.05) is 7.11 Å². The second-order valence-corrected chi connectivity index (χ2v) is 5.07. The molecule has 1 rings (SSSR count). The maximum absolute atomic E-state index is 11.7. The number of methoxy groups -OCH3 is 1. The van der Waals surface area contributed by atoms with E-state index in [-0.39, 0.29) is 6.10 Å². The van der Waals surface area contributed by atoms with Gasteiger partial charge in [0.1, 0.15) is 6.61 Å². The SMILES string of the molecule is CCCCCc1ccc(C(=O)OO[CH]CC(C)OC)cc1. The van der Waals surface area contributed by atoms with Gasteiger partial charge in [-0.05, 0) is 37.5 Å². The van der Waals surface area contributed by atoms with Gasteiger partial charge in [-0.25, -0.2) is 4.79 Å². The third kappa shape index (κ3) is 7.25. The summed E-state index contributed by atoms with van der Waals surface area (Å²) in [5.41, 5.74) is 1.73. The summed E-state index contributed by atoms with van der Waals surface area (Å²) in [6, 6.07) is 7.46. The number of aryl methyl sites for hydroxylation is 1. The van der Waals surface area contributed by atoms with Crippen molar-refractivity contribution in [2.24, 2.45) is 0 Å². The van der Waals surface area contributed by atoms with Crippen LogP contribution >= 0.6 is 0 Å². The number of benzene rings is 1. The molecule has 0 aliphatic heterocycles. The van der Waals surface area contributed by atoms with Crippen LogP contribution in [0.1, 0.15) is 55.5 Å². The smallest absolute Gasteiger partial charge is 0.373 e. The van der Waals surface area contributed by atoms with Crippen molar-refractivity contribution in [1.82, 2.24) is 0 Å². The highest BCUT2D eigenvalue weighted by Crippen LogP contribution is 2.10. The molecular formula is C17H25O4. The first-order valence-electron chi connectivity index (χ1n) is 7.48. The molecule has 0 saturated heterocycles. The van der Waals surface area contributed by atoms with Crippen molar-refractivity contribution in [3.63, 3.8) is 0 Å². The molecule has 0 aliphatic rings. The van der Waals surface area contributed by atoms with Crippen LogP contribution in [0.25, 0.3) is 0 Å². The lowest BCUT2D eigenvalue weighted by Crippen LogP contribution is -2.09. The monoisotopic (exact) mass is 293 g/mol. The summed E-state index contributed by atoms with van der Waals surface area (Å²) in [5, 5.41) is 0. The molecule has 1 unspecified atom stereocenters. The second kappa shape index (κ2) is 10.4. The molecule has 1 radical (unpaired) electrons. The minimum atomic E-state index is -0.489. The van der Waals surface area contributed by atoms with E-state index in [1.54, 1.807) is 19.2 Å². The highest BCUT2D eigenvalue weighted by atomic mass is 17.2. The van der Waals surface area contributed by atoms with Gasteiger partial charge in [0.05, 0.1) is 11.7 Å². The molecule has 0 amide bonds. The largest absolute Gasteiger partial charge is 0.382 e. The lowest BCUT2D eigenvalue weighted by atomic mass is 10.1. The van der Waals surface area contributed by atoms with E-state index in [2.05, 4.69) is 6.92 Å². The van der Waals surface area contributed by atoms with Crippen LogP contribution in [0.2, 0.25) is 0 Å². The summed E-state index contributed by atoms with van der Waals surface area (Å²) in [6.07, 6.45) is 5.25. The highest BCUT2D eigenvalue weighted by Gasteiger charge is 2.09. The Balaban J connectivity index is 2.30. The van der Waals surface area contributed by atoms with Crippen LogP contribution < -0.4 is 0 Å². The van der Waals surface area contributed by atoms with E-state index in [1.807, 2.05) is 19.1 Å². The minimum absolute atomic E-state index is 0.0334. The molecule has 1 aromatic rings. The zero-order valence-electron chi connectivity index (χ0n) is 13.1. The number of ether oxygens (including phenoxy) is 1. The Hall–Kier alpha value is -1.39. The van der Waals surface area contributed by atoms with Gasteiger partial charge in [0.25, 0.3) is 0 Å². The van der Waals surface area contributed by atoms with E-state index in [4.69, 9.17) is 14.5 Å². The molecule has 0 heterocycles. The van der Waals surface area contributed by atoms with E-state index in [0.717, 1.165) is 6.42 Å². The molecule has 0 spiro atoms. The van der Waals surface area contributed by atoms with Crippen LogP contribution in [0, 0.1) is 6.61 Å². The number of hydrogen-bond donors (Lipinski definition) is 0. The van der Waals surface area contributed by atoms with Crippen LogP contribution in [0.3, 0.4) is 0 Å². The van der Waals surface area contributed by atoms with Gasteiger partial charge in [-0.2, -0.15) is 4.89 Å². The fourth-order valence-corrected chi connectivity index (χ4v) is 1.78. The summed E-state index contributed by atoms with van der Waals surface area (Å²) >= 11 is 0. The molecule has 0 N–H and O–H groups in total. The Morgan fingerprint density at radius 3 is 2.57 bits per heavy atom.